The zero-order valence-corrected chi connectivity index (χ0v) is 29.5. The van der Waals surface area contributed by atoms with Crippen LogP contribution in [-0.2, 0) is 26.5 Å². The number of pyridine rings is 3. The van der Waals surface area contributed by atoms with Gasteiger partial charge in [-0.05, 0) is 82.2 Å². The molecule has 6 heteroatoms. The van der Waals surface area contributed by atoms with E-state index in [0.717, 1.165) is 32.7 Å². The van der Waals surface area contributed by atoms with E-state index < -0.39 is 33.2 Å². The van der Waals surface area contributed by atoms with E-state index in [-0.39, 0.29) is 59.2 Å². The molecule has 0 fully saturated rings. The van der Waals surface area contributed by atoms with Crippen molar-refractivity contribution in [2.75, 3.05) is 0 Å². The Kier molecular flexibility index (Phi) is 6.84. The van der Waals surface area contributed by atoms with Gasteiger partial charge in [-0.1, -0.05) is 92.7 Å². The summed E-state index contributed by atoms with van der Waals surface area (Å²) >= 11 is 1.38. The summed E-state index contributed by atoms with van der Waals surface area (Å²) in [5.74, 6) is -0.755. The predicted octanol–water partition coefficient (Wildman–Crippen LogP) is 11.5. The fraction of sp³-hybridized carbons (Fsp3) is 0.214. The number of benzene rings is 3. The molecule has 3 nitrogen and oxygen atoms in total. The van der Waals surface area contributed by atoms with Gasteiger partial charge in [-0.25, -0.2) is 4.98 Å². The van der Waals surface area contributed by atoms with Crippen molar-refractivity contribution in [2.45, 2.75) is 54.6 Å². The van der Waals surface area contributed by atoms with Crippen LogP contribution in [-0.4, -0.2) is 15.0 Å². The molecule has 245 valence electrons. The van der Waals surface area contributed by atoms with Gasteiger partial charge in [-0.2, -0.15) is 11.3 Å². The van der Waals surface area contributed by atoms with Crippen molar-refractivity contribution in [2.24, 2.45) is 5.41 Å². The summed E-state index contributed by atoms with van der Waals surface area (Å²) in [6, 6.07) is 27.8. The van der Waals surface area contributed by atoms with E-state index in [2.05, 4.69) is 27.1 Å². The van der Waals surface area contributed by atoms with E-state index in [9.17, 15) is 4.39 Å². The molecule has 0 saturated carbocycles. The van der Waals surface area contributed by atoms with Gasteiger partial charge >= 0.3 is 0 Å². The number of fused-ring (bicyclic) bond motifs is 3. The third kappa shape index (κ3) is 7.79. The van der Waals surface area contributed by atoms with Gasteiger partial charge in [0.15, 0.2) is 0 Å². The van der Waals surface area contributed by atoms with Crippen LogP contribution >= 0.6 is 11.3 Å². The molecule has 0 aliphatic heterocycles. The van der Waals surface area contributed by atoms with E-state index in [1.54, 1.807) is 24.3 Å². The van der Waals surface area contributed by atoms with Crippen LogP contribution in [0.1, 0.15) is 65.2 Å². The Labute approximate surface area is 317 Å². The number of hydrogen-bond donors (Lipinski definition) is 0. The summed E-state index contributed by atoms with van der Waals surface area (Å²) in [5.41, 5.74) is 3.57. The fourth-order valence-electron chi connectivity index (χ4n) is 5.28. The van der Waals surface area contributed by atoms with Crippen LogP contribution in [0.3, 0.4) is 0 Å². The molecular weight excluding hydrogens is 790 g/mol. The molecule has 0 aliphatic carbocycles. The minimum atomic E-state index is -2.42. The van der Waals surface area contributed by atoms with Crippen molar-refractivity contribution < 1.29 is 40.9 Å². The van der Waals surface area contributed by atoms with Crippen molar-refractivity contribution in [1.29, 1.82) is 0 Å². The first kappa shape index (κ1) is 22.5. The minimum Gasteiger partial charge on any atom is -0.304 e. The van der Waals surface area contributed by atoms with Gasteiger partial charge in [0.05, 0.1) is 0 Å². The molecule has 7 rings (SSSR count). The largest absolute Gasteiger partial charge is 0.304 e. The Balaban J connectivity index is 0.000000231. The van der Waals surface area contributed by atoms with E-state index >= 15 is 0 Å². The van der Waals surface area contributed by atoms with Gasteiger partial charge in [-0.15, -0.1) is 47.5 Å². The van der Waals surface area contributed by atoms with Crippen molar-refractivity contribution in [3.8, 4) is 33.6 Å². The van der Waals surface area contributed by atoms with Gasteiger partial charge in [0.25, 0.3) is 0 Å². The molecule has 0 saturated heterocycles. The fourth-order valence-corrected chi connectivity index (χ4v) is 6.46. The number of hydrogen-bond acceptors (Lipinski definition) is 4. The Bertz CT molecular complexity index is 2650. The average molecular weight is 840 g/mol. The van der Waals surface area contributed by atoms with Crippen LogP contribution in [0.2, 0.25) is 0 Å². The van der Waals surface area contributed by atoms with Crippen LogP contribution in [0.25, 0.3) is 53.9 Å². The molecule has 1 radical (unpaired) electrons. The second-order valence-corrected chi connectivity index (χ2v) is 13.3. The topological polar surface area (TPSA) is 38.7 Å². The third-order valence-corrected chi connectivity index (χ3v) is 8.54. The molecule has 0 spiro atoms. The normalized spacial score (nSPS) is 16.0. The van der Waals surface area contributed by atoms with E-state index in [1.807, 2.05) is 57.2 Å². The standard InChI is InChI=1S/C24H17N2S.C18H21FN.Ir/c1-15-14-25-22(13-21(15)17-7-4-3-5-8-17)20-10-6-9-18-19-12-11-16(2)26-24(19)27-23(18)20;1-12-6-7-15(16(19)8-12)17-9-14(10-18(3,4)5)13(2)11-20-17;/h3-9,11-14H,1-2H3;6,8-9,11H,10H2,1-5H3;/q2*-1;/i2*1D3,2D3;. The molecule has 0 bridgehead atoms. The molecule has 0 aliphatic rings. The zero-order valence-electron chi connectivity index (χ0n) is 38.3. The Morgan fingerprint density at radius 3 is 2.29 bits per heavy atom. The van der Waals surface area contributed by atoms with Crippen LogP contribution in [0.15, 0.2) is 91.3 Å². The van der Waals surface area contributed by atoms with Crippen LogP contribution in [0, 0.1) is 50.8 Å². The molecular formula is C42H38FIrN3S-2. The quantitative estimate of drug-likeness (QED) is 0.166. The summed E-state index contributed by atoms with van der Waals surface area (Å²) < 4.78 is 107. The molecule has 4 aromatic heterocycles. The summed E-state index contributed by atoms with van der Waals surface area (Å²) in [5, 5.41) is 1.79. The monoisotopic (exact) mass is 840 g/mol. The molecule has 0 unspecified atom stereocenters. The number of aromatic nitrogens is 3. The van der Waals surface area contributed by atoms with Gasteiger partial charge in [0, 0.05) is 60.5 Å². The molecule has 3 aromatic carbocycles. The summed E-state index contributed by atoms with van der Waals surface area (Å²) in [6.45, 7) is -3.39. The number of thiophene rings is 1. The van der Waals surface area contributed by atoms with Crippen LogP contribution in [0.5, 0.6) is 0 Å². The SMILES string of the molecule is [2H]C([2H])([2H])c1c[c-]c(-c2cc(CC(C)(C)C)c(C([2H])([2H])[2H])cn2)c(F)c1.[2H]C([2H])([2H])c1ccc2c(n1)sc1c(-c3cc(-c4ccccc4)c(C([2H])([2H])[2H])cn3)[c-]ccc12.[Ir]. The van der Waals surface area contributed by atoms with Gasteiger partial charge < -0.3 is 9.97 Å². The average Bonchev–Trinajstić information content (AvgIpc) is 3.51. The van der Waals surface area contributed by atoms with E-state index in [1.165, 1.54) is 35.9 Å². The second kappa shape index (κ2) is 14.6. The summed E-state index contributed by atoms with van der Waals surface area (Å²) in [7, 11) is 0. The van der Waals surface area contributed by atoms with Crippen molar-refractivity contribution in [1.82, 2.24) is 15.0 Å². The first-order chi connectivity index (χ1) is 27.3. The molecule has 7 aromatic rings. The molecule has 0 atom stereocenters. The smallest absolute Gasteiger partial charge is 0.113 e. The van der Waals surface area contributed by atoms with Crippen molar-refractivity contribution in [3.05, 3.63) is 137 Å². The van der Waals surface area contributed by atoms with Crippen molar-refractivity contribution in [3.63, 3.8) is 0 Å². The van der Waals surface area contributed by atoms with Crippen LogP contribution < -0.4 is 0 Å². The maximum absolute atomic E-state index is 14.4. The zero-order chi connectivity index (χ0) is 43.3. The minimum absolute atomic E-state index is 0. The summed E-state index contributed by atoms with van der Waals surface area (Å²) in [4.78, 5) is 13.6. The Hall–Kier alpha value is -4.09. The number of aryl methyl sites for hydroxylation is 4. The van der Waals surface area contributed by atoms with Gasteiger partial charge in [-0.3, -0.25) is 4.39 Å². The number of halogens is 1. The maximum atomic E-state index is 14.4. The maximum Gasteiger partial charge on any atom is 0.113 e. The first-order valence-electron chi connectivity index (χ1n) is 20.8. The summed E-state index contributed by atoms with van der Waals surface area (Å²) in [6.07, 6.45) is 3.13. The van der Waals surface area contributed by atoms with Gasteiger partial charge in [0.1, 0.15) is 4.83 Å². The third-order valence-electron chi connectivity index (χ3n) is 7.40. The molecule has 4 heterocycles. The predicted molar refractivity (Wildman–Crippen MR) is 195 cm³/mol. The Morgan fingerprint density at radius 1 is 0.812 bits per heavy atom. The van der Waals surface area contributed by atoms with Crippen molar-refractivity contribution >= 4 is 31.6 Å². The number of rotatable bonds is 4. The molecule has 48 heavy (non-hydrogen) atoms. The number of nitrogens with zero attached hydrogens (tertiary/aromatic N) is 3. The van der Waals surface area contributed by atoms with Crippen LogP contribution in [0.4, 0.5) is 4.39 Å². The Morgan fingerprint density at radius 2 is 1.58 bits per heavy atom. The second-order valence-electron chi connectivity index (χ2n) is 12.3. The van der Waals surface area contributed by atoms with E-state index in [0.29, 0.717) is 28.1 Å². The molecule has 0 N–H and O–H groups in total. The van der Waals surface area contributed by atoms with E-state index in [4.69, 9.17) is 16.4 Å². The van der Waals surface area contributed by atoms with Gasteiger partial charge in [0.2, 0.25) is 0 Å². The molecule has 0 amide bonds. The first-order valence-corrected chi connectivity index (χ1v) is 15.7.